The van der Waals surface area contributed by atoms with Gasteiger partial charge in [-0.2, -0.15) is 0 Å². The lowest BCUT2D eigenvalue weighted by Crippen LogP contribution is -2.51. The number of pyridine rings is 2. The summed E-state index contributed by atoms with van der Waals surface area (Å²) in [5, 5.41) is 6.07. The number of anilines is 1. The van der Waals surface area contributed by atoms with Gasteiger partial charge < -0.3 is 0 Å². The zero-order valence-corrected chi connectivity index (χ0v) is 16.5. The van der Waals surface area contributed by atoms with E-state index in [0.29, 0.717) is 0 Å². The fraction of sp³-hybridized carbons (Fsp3) is 0.364. The largest absolute Gasteiger partial charge is 0.298 e. The van der Waals surface area contributed by atoms with E-state index >= 15 is 0 Å². The Bertz CT molecular complexity index is 1120. The van der Waals surface area contributed by atoms with E-state index in [2.05, 4.69) is 97.5 Å². The van der Waals surface area contributed by atoms with Gasteiger partial charge in [-0.05, 0) is 59.7 Å². The first-order valence-corrected chi connectivity index (χ1v) is 9.17. The van der Waals surface area contributed by atoms with Gasteiger partial charge in [0.1, 0.15) is 11.0 Å². The maximum Gasteiger partial charge on any atom is 0.262 e. The fourth-order valence-corrected chi connectivity index (χ4v) is 3.50. The Kier molecular flexibility index (Phi) is 3.52. The van der Waals surface area contributed by atoms with Crippen LogP contribution in [0, 0.1) is 0 Å². The number of hydrogen-bond donors (Lipinski definition) is 1. The molecule has 0 radical (unpaired) electrons. The molecule has 0 fully saturated rings. The highest BCUT2D eigenvalue weighted by Crippen LogP contribution is 2.29. The highest BCUT2D eigenvalue weighted by Gasteiger charge is 2.30. The zero-order valence-electron chi connectivity index (χ0n) is 16.5. The Labute approximate surface area is 154 Å². The van der Waals surface area contributed by atoms with Gasteiger partial charge in [-0.25, -0.2) is 8.97 Å². The molecule has 0 amide bonds. The quantitative estimate of drug-likeness (QED) is 0.393. The van der Waals surface area contributed by atoms with E-state index in [1.165, 1.54) is 10.9 Å². The molecule has 3 heterocycles. The van der Waals surface area contributed by atoms with Crippen molar-refractivity contribution in [3.8, 4) is 0 Å². The highest BCUT2D eigenvalue weighted by atomic mass is 15.2. The van der Waals surface area contributed by atoms with Crippen LogP contribution in [0.2, 0.25) is 0 Å². The first-order valence-electron chi connectivity index (χ1n) is 9.17. The van der Waals surface area contributed by atoms with Gasteiger partial charge in [0.15, 0.2) is 11.8 Å². The molecule has 3 aromatic heterocycles. The van der Waals surface area contributed by atoms with Gasteiger partial charge in [0.2, 0.25) is 0 Å². The summed E-state index contributed by atoms with van der Waals surface area (Å²) in [6.45, 7) is 13.3. The summed E-state index contributed by atoms with van der Waals surface area (Å²) in [7, 11) is 0. The molecular weight excluding hydrogens is 320 g/mol. The Morgan fingerprint density at radius 2 is 1.62 bits per heavy atom. The normalized spacial score (nSPS) is 13.0. The third-order valence-corrected chi connectivity index (χ3v) is 4.63. The van der Waals surface area contributed by atoms with Crippen LogP contribution in [-0.2, 0) is 5.54 Å². The topological polar surface area (TPSA) is 33.2 Å². The Balaban J connectivity index is 2.17. The zero-order chi connectivity index (χ0) is 18.7. The molecule has 0 atom stereocenters. The van der Waals surface area contributed by atoms with Crippen molar-refractivity contribution in [3.05, 3.63) is 48.9 Å². The van der Waals surface area contributed by atoms with Gasteiger partial charge in [0, 0.05) is 17.0 Å². The lowest BCUT2D eigenvalue weighted by atomic mass is 10.1. The van der Waals surface area contributed by atoms with Crippen LogP contribution in [0.15, 0.2) is 48.9 Å². The van der Waals surface area contributed by atoms with Crippen molar-refractivity contribution in [2.75, 3.05) is 5.32 Å². The monoisotopic (exact) mass is 347 g/mol. The van der Waals surface area contributed by atoms with Crippen LogP contribution < -0.4 is 9.88 Å². The summed E-state index contributed by atoms with van der Waals surface area (Å²) in [6.07, 6.45) is 4.08. The average Bonchev–Trinajstić information content (AvgIpc) is 2.91. The minimum atomic E-state index is -0.0378. The average molecular weight is 347 g/mol. The molecule has 4 aromatic rings. The van der Waals surface area contributed by atoms with E-state index in [0.717, 1.165) is 22.2 Å². The molecule has 1 aromatic carbocycles. The minimum absolute atomic E-state index is 0.0270. The van der Waals surface area contributed by atoms with Crippen molar-refractivity contribution in [2.24, 2.45) is 0 Å². The summed E-state index contributed by atoms with van der Waals surface area (Å²) in [5.74, 6) is 1.14. The van der Waals surface area contributed by atoms with Gasteiger partial charge in [0.25, 0.3) is 5.82 Å². The molecule has 0 unspecified atom stereocenters. The van der Waals surface area contributed by atoms with Crippen LogP contribution in [0.4, 0.5) is 5.82 Å². The number of nitrogens with zero attached hydrogens (tertiary/aromatic N) is 3. The van der Waals surface area contributed by atoms with Crippen molar-refractivity contribution < 1.29 is 4.57 Å². The summed E-state index contributed by atoms with van der Waals surface area (Å²) in [5.41, 5.74) is 3.29. The lowest BCUT2D eigenvalue weighted by molar-refractivity contribution is -0.740. The van der Waals surface area contributed by atoms with Gasteiger partial charge in [0.05, 0.1) is 11.1 Å². The number of aromatic nitrogens is 3. The Morgan fingerprint density at radius 1 is 0.923 bits per heavy atom. The second-order valence-corrected chi connectivity index (χ2v) is 9.05. The number of hydrogen-bond acceptors (Lipinski definition) is 2. The van der Waals surface area contributed by atoms with Gasteiger partial charge >= 0.3 is 0 Å². The number of imidazole rings is 1. The number of fused-ring (bicyclic) bond motifs is 5. The van der Waals surface area contributed by atoms with Crippen molar-refractivity contribution in [3.63, 3.8) is 0 Å². The number of rotatable bonds is 1. The van der Waals surface area contributed by atoms with E-state index in [9.17, 15) is 0 Å². The highest BCUT2D eigenvalue weighted by molar-refractivity contribution is 6.04. The summed E-state index contributed by atoms with van der Waals surface area (Å²) < 4.78 is 4.61. The Morgan fingerprint density at radius 3 is 2.31 bits per heavy atom. The predicted molar refractivity (Wildman–Crippen MR) is 109 cm³/mol. The maximum atomic E-state index is 4.68. The molecule has 0 spiro atoms. The molecule has 0 saturated carbocycles. The molecule has 4 rings (SSSR count). The van der Waals surface area contributed by atoms with E-state index in [4.69, 9.17) is 0 Å². The predicted octanol–water partition coefficient (Wildman–Crippen LogP) is 4.89. The number of benzene rings is 1. The van der Waals surface area contributed by atoms with Gasteiger partial charge in [-0.1, -0.05) is 18.2 Å². The van der Waals surface area contributed by atoms with Crippen molar-refractivity contribution in [1.82, 2.24) is 9.38 Å². The third-order valence-electron chi connectivity index (χ3n) is 4.63. The maximum absolute atomic E-state index is 4.68. The first kappa shape index (κ1) is 16.8. The molecule has 1 N–H and O–H groups in total. The van der Waals surface area contributed by atoms with Crippen LogP contribution in [0.3, 0.4) is 0 Å². The van der Waals surface area contributed by atoms with Gasteiger partial charge in [-0.15, -0.1) is 0 Å². The third kappa shape index (κ3) is 2.70. The smallest absolute Gasteiger partial charge is 0.262 e. The van der Waals surface area contributed by atoms with Crippen LogP contribution in [0.25, 0.3) is 27.3 Å². The number of nitrogens with one attached hydrogen (secondary N) is 1. The molecule has 0 saturated heterocycles. The molecule has 4 nitrogen and oxygen atoms in total. The molecule has 134 valence electrons. The molecule has 0 aliphatic rings. The molecule has 26 heavy (non-hydrogen) atoms. The van der Waals surface area contributed by atoms with Crippen LogP contribution in [-0.4, -0.2) is 14.9 Å². The standard InChI is InChI=1S/C22H27N4/c1-21(2,3)24-20-17-12-11-16-10-9-15-8-7-13-23-18(15)19(16)25(17)14-26(20)22(4,5)6/h7-14,24H,1-6H3/q+1. The van der Waals surface area contributed by atoms with E-state index in [1.54, 1.807) is 0 Å². The van der Waals surface area contributed by atoms with Crippen LogP contribution >= 0.6 is 0 Å². The van der Waals surface area contributed by atoms with E-state index in [1.807, 2.05) is 12.3 Å². The fourth-order valence-electron chi connectivity index (χ4n) is 3.50. The first-order chi connectivity index (χ1) is 12.1. The lowest BCUT2D eigenvalue weighted by Gasteiger charge is -2.23. The summed E-state index contributed by atoms with van der Waals surface area (Å²) in [4.78, 5) is 4.68. The second kappa shape index (κ2) is 5.44. The van der Waals surface area contributed by atoms with Crippen molar-refractivity contribution in [1.29, 1.82) is 0 Å². The molecule has 0 bridgehead atoms. The summed E-state index contributed by atoms with van der Waals surface area (Å²) >= 11 is 0. The summed E-state index contributed by atoms with van der Waals surface area (Å²) in [6, 6.07) is 12.8. The molecule has 0 aliphatic heterocycles. The van der Waals surface area contributed by atoms with E-state index in [-0.39, 0.29) is 11.1 Å². The van der Waals surface area contributed by atoms with Crippen LogP contribution in [0.5, 0.6) is 0 Å². The second-order valence-electron chi connectivity index (χ2n) is 9.05. The van der Waals surface area contributed by atoms with Crippen LogP contribution in [0.1, 0.15) is 41.5 Å². The van der Waals surface area contributed by atoms with Crippen molar-refractivity contribution in [2.45, 2.75) is 52.6 Å². The SMILES string of the molecule is CC(C)(C)Nc1c2ccc3ccc4cccnc4c3n2c[n+]1C(C)(C)C. The van der Waals surface area contributed by atoms with Crippen molar-refractivity contribution >= 4 is 33.1 Å². The molecular formula is C22H27N4+. The molecule has 4 heteroatoms. The minimum Gasteiger partial charge on any atom is -0.298 e. The van der Waals surface area contributed by atoms with E-state index < -0.39 is 0 Å². The molecule has 0 aliphatic carbocycles. The van der Waals surface area contributed by atoms with Gasteiger partial charge in [-0.3, -0.25) is 10.3 Å². The Hall–Kier alpha value is -2.62.